The van der Waals surface area contributed by atoms with E-state index in [1.165, 1.54) is 0 Å². The third-order valence-electron chi connectivity index (χ3n) is 4.95. The highest BCUT2D eigenvalue weighted by atomic mass is 32.2. The molecule has 0 fully saturated rings. The lowest BCUT2D eigenvalue weighted by Gasteiger charge is -2.20. The number of carboxylic acids is 1. The molecule has 0 aliphatic heterocycles. The summed E-state index contributed by atoms with van der Waals surface area (Å²) in [5.74, 6) is -1.73. The Bertz CT molecular complexity index is 857. The smallest absolute Gasteiger partial charge is 0.326 e. The number of unbranched alkanes of at least 4 members (excludes halogenated alkanes) is 1. The molecular formula is C23H29N2O4S+. The Labute approximate surface area is 181 Å². The number of aromatic nitrogens is 1. The van der Waals surface area contributed by atoms with Crippen molar-refractivity contribution < 1.29 is 24.1 Å². The normalized spacial score (nSPS) is 12.7. The maximum Gasteiger partial charge on any atom is 0.326 e. The molecule has 6 nitrogen and oxygen atoms in total. The molecule has 0 aliphatic carbocycles. The average molecular weight is 430 g/mol. The molecule has 0 saturated heterocycles. The molecule has 2 unspecified atom stereocenters. The van der Waals surface area contributed by atoms with Crippen LogP contribution in [0, 0.1) is 5.92 Å². The number of carboxylic acid groups (broad SMARTS) is 1. The summed E-state index contributed by atoms with van der Waals surface area (Å²) < 4.78 is 2.08. The predicted molar refractivity (Wildman–Crippen MR) is 116 cm³/mol. The predicted octanol–water partition coefficient (Wildman–Crippen LogP) is 3.69. The van der Waals surface area contributed by atoms with Crippen LogP contribution < -0.4 is 9.88 Å². The molecule has 0 radical (unpaired) electrons. The van der Waals surface area contributed by atoms with E-state index in [0.29, 0.717) is 23.3 Å². The summed E-state index contributed by atoms with van der Waals surface area (Å²) in [5.41, 5.74) is 0.324. The zero-order valence-corrected chi connectivity index (χ0v) is 18.2. The van der Waals surface area contributed by atoms with E-state index in [1.807, 2.05) is 37.5 Å². The zero-order chi connectivity index (χ0) is 21.9. The molecule has 0 saturated carbocycles. The molecule has 0 aliphatic rings. The van der Waals surface area contributed by atoms with Crippen LogP contribution in [-0.2, 0) is 16.1 Å². The van der Waals surface area contributed by atoms with E-state index in [1.54, 1.807) is 31.2 Å². The van der Waals surface area contributed by atoms with Crippen molar-refractivity contribution in [2.75, 3.05) is 0 Å². The number of nitrogens with one attached hydrogen (secondary N) is 1. The van der Waals surface area contributed by atoms with Gasteiger partial charge in [-0.2, -0.15) is 0 Å². The van der Waals surface area contributed by atoms with Crippen LogP contribution in [0.5, 0.6) is 0 Å². The quantitative estimate of drug-likeness (QED) is 0.323. The third kappa shape index (κ3) is 7.30. The van der Waals surface area contributed by atoms with Gasteiger partial charge in [0, 0.05) is 29.9 Å². The first-order chi connectivity index (χ1) is 14.4. The third-order valence-corrected chi connectivity index (χ3v) is 5.95. The number of nitrogens with zero attached hydrogens (tertiary/aromatic N) is 1. The van der Waals surface area contributed by atoms with Crippen molar-refractivity contribution in [2.45, 2.75) is 57.0 Å². The second-order valence-corrected chi connectivity index (χ2v) is 8.31. The number of hydrogen-bond donors (Lipinski definition) is 2. The van der Waals surface area contributed by atoms with Gasteiger partial charge in [0.25, 0.3) is 5.91 Å². The Morgan fingerprint density at radius 1 is 1.07 bits per heavy atom. The molecular weight excluding hydrogens is 400 g/mol. The molecule has 2 rings (SSSR count). The van der Waals surface area contributed by atoms with E-state index in [0.717, 1.165) is 31.1 Å². The number of benzene rings is 1. The van der Waals surface area contributed by atoms with E-state index in [2.05, 4.69) is 9.88 Å². The Kier molecular flexibility index (Phi) is 9.54. The highest BCUT2D eigenvalue weighted by molar-refractivity contribution is 8.13. The van der Waals surface area contributed by atoms with Gasteiger partial charge >= 0.3 is 5.97 Å². The molecule has 1 aromatic heterocycles. The Balaban J connectivity index is 1.92. The molecule has 2 N–H and O–H groups in total. The van der Waals surface area contributed by atoms with E-state index in [-0.39, 0.29) is 11.0 Å². The number of aliphatic carboxylic acids is 1. The first-order valence-electron chi connectivity index (χ1n) is 10.2. The fraction of sp³-hybridized carbons (Fsp3) is 0.391. The lowest BCUT2D eigenvalue weighted by molar-refractivity contribution is -0.697. The number of aryl methyl sites for hydroxylation is 1. The summed E-state index contributed by atoms with van der Waals surface area (Å²) in [6, 6.07) is 11.8. The van der Waals surface area contributed by atoms with E-state index in [9.17, 15) is 19.5 Å². The molecule has 160 valence electrons. The summed E-state index contributed by atoms with van der Waals surface area (Å²) >= 11 is 1.04. The number of hydrogen-bond acceptors (Lipinski definition) is 4. The Morgan fingerprint density at radius 2 is 1.77 bits per heavy atom. The Hall–Kier alpha value is -2.67. The summed E-state index contributed by atoms with van der Waals surface area (Å²) in [4.78, 5) is 37.2. The molecule has 2 aromatic rings. The summed E-state index contributed by atoms with van der Waals surface area (Å²) in [6.07, 6.45) is 6.69. The molecule has 1 amide bonds. The fourth-order valence-electron chi connectivity index (χ4n) is 2.97. The van der Waals surface area contributed by atoms with Gasteiger partial charge in [-0.1, -0.05) is 50.2 Å². The van der Waals surface area contributed by atoms with Crippen LogP contribution >= 0.6 is 11.8 Å². The van der Waals surface area contributed by atoms with E-state index >= 15 is 0 Å². The second kappa shape index (κ2) is 12.1. The van der Waals surface area contributed by atoms with Gasteiger partial charge in [-0.25, -0.2) is 9.36 Å². The fourth-order valence-corrected chi connectivity index (χ4v) is 3.88. The molecule has 30 heavy (non-hydrogen) atoms. The van der Waals surface area contributed by atoms with Crippen LogP contribution in [0.3, 0.4) is 0 Å². The van der Waals surface area contributed by atoms with E-state index < -0.39 is 17.9 Å². The minimum Gasteiger partial charge on any atom is -0.480 e. The van der Waals surface area contributed by atoms with Gasteiger partial charge in [0.1, 0.15) is 12.6 Å². The average Bonchev–Trinajstić information content (AvgIpc) is 2.75. The van der Waals surface area contributed by atoms with Gasteiger partial charge in [-0.15, -0.1) is 0 Å². The van der Waals surface area contributed by atoms with Gasteiger partial charge in [-0.3, -0.25) is 9.59 Å². The second-order valence-electron chi connectivity index (χ2n) is 7.22. The van der Waals surface area contributed by atoms with Crippen molar-refractivity contribution in [3.05, 3.63) is 60.4 Å². The van der Waals surface area contributed by atoms with Crippen LogP contribution in [0.2, 0.25) is 0 Å². The number of rotatable bonds is 11. The maximum atomic E-state index is 12.7. The molecule has 2 atom stereocenters. The maximum absolute atomic E-state index is 12.7. The van der Waals surface area contributed by atoms with Crippen molar-refractivity contribution in [2.24, 2.45) is 5.92 Å². The summed E-state index contributed by atoms with van der Waals surface area (Å²) in [7, 11) is 0. The minimum absolute atomic E-state index is 0.00924. The molecule has 0 bridgehead atoms. The number of amides is 1. The molecule has 1 aromatic carbocycles. The van der Waals surface area contributed by atoms with E-state index in [4.69, 9.17) is 0 Å². The standard InChI is InChI=1S/C23H28N2O4S/c1-3-17(2)21(23(28)29)24-22(27)18-11-5-6-12-19(18)30-20(26)13-7-10-16-25-14-8-4-9-15-25/h4-6,8-9,11-12,14-15,17,21H,3,7,10,13,16H2,1-2H3,(H-,24,27,28,29)/p+1. The zero-order valence-electron chi connectivity index (χ0n) is 17.4. The van der Waals surface area contributed by atoms with Crippen molar-refractivity contribution in [3.63, 3.8) is 0 Å². The minimum atomic E-state index is -1.06. The SMILES string of the molecule is CCC(C)C(NC(=O)c1ccccc1SC(=O)CCCC[n+]1ccccc1)C(=O)O. The number of pyridine rings is 1. The first-order valence-corrected chi connectivity index (χ1v) is 11.0. The molecule has 1 heterocycles. The number of carbonyl (C=O) groups is 3. The van der Waals surface area contributed by atoms with Crippen molar-refractivity contribution in [1.82, 2.24) is 5.32 Å². The Morgan fingerprint density at radius 3 is 2.43 bits per heavy atom. The summed E-state index contributed by atoms with van der Waals surface area (Å²) in [6.45, 7) is 4.52. The van der Waals surface area contributed by atoms with Gasteiger partial charge in [0.05, 0.1) is 5.56 Å². The van der Waals surface area contributed by atoms with Gasteiger partial charge < -0.3 is 10.4 Å². The first kappa shape index (κ1) is 23.6. The van der Waals surface area contributed by atoms with Gasteiger partial charge in [0.2, 0.25) is 0 Å². The van der Waals surface area contributed by atoms with Gasteiger partial charge in [0.15, 0.2) is 17.5 Å². The van der Waals surface area contributed by atoms with Crippen LogP contribution in [0.4, 0.5) is 0 Å². The number of carbonyl (C=O) groups excluding carboxylic acids is 2. The summed E-state index contributed by atoms with van der Waals surface area (Å²) in [5, 5.41) is 12.0. The van der Waals surface area contributed by atoms with Gasteiger partial charge in [-0.05, 0) is 24.5 Å². The highest BCUT2D eigenvalue weighted by Gasteiger charge is 2.26. The molecule has 0 spiro atoms. The van der Waals surface area contributed by atoms with Crippen LogP contribution in [0.15, 0.2) is 59.8 Å². The lowest BCUT2D eigenvalue weighted by atomic mass is 9.99. The van der Waals surface area contributed by atoms with Crippen LogP contribution in [0.25, 0.3) is 0 Å². The monoisotopic (exact) mass is 429 g/mol. The van der Waals surface area contributed by atoms with Crippen molar-refractivity contribution in [3.8, 4) is 0 Å². The number of thioether (sulfide) groups is 1. The van der Waals surface area contributed by atoms with Crippen LogP contribution in [0.1, 0.15) is 49.9 Å². The van der Waals surface area contributed by atoms with Crippen molar-refractivity contribution >= 4 is 28.8 Å². The lowest BCUT2D eigenvalue weighted by Crippen LogP contribution is -2.45. The largest absolute Gasteiger partial charge is 0.480 e. The van der Waals surface area contributed by atoms with Crippen LogP contribution in [-0.4, -0.2) is 28.1 Å². The molecule has 7 heteroatoms. The highest BCUT2D eigenvalue weighted by Crippen LogP contribution is 2.25. The topological polar surface area (TPSA) is 87.4 Å². The van der Waals surface area contributed by atoms with Crippen molar-refractivity contribution in [1.29, 1.82) is 0 Å².